The van der Waals surface area contributed by atoms with Crippen molar-refractivity contribution < 1.29 is 0 Å². The Morgan fingerprint density at radius 3 is 2.50 bits per heavy atom. The number of hydrogen-bond acceptors (Lipinski definition) is 1. The van der Waals surface area contributed by atoms with Crippen molar-refractivity contribution >= 4 is 6.08 Å². The highest BCUT2D eigenvalue weighted by molar-refractivity contribution is 5.53. The van der Waals surface area contributed by atoms with Gasteiger partial charge in [-0.1, -0.05) is 48.4 Å². The molecule has 16 heavy (non-hydrogen) atoms. The van der Waals surface area contributed by atoms with Crippen LogP contribution in [0.2, 0.25) is 0 Å². The molecule has 1 heteroatoms. The smallest absolute Gasteiger partial charge is 0.0251 e. The van der Waals surface area contributed by atoms with E-state index in [1.807, 2.05) is 0 Å². The van der Waals surface area contributed by atoms with Gasteiger partial charge in [-0.25, -0.2) is 0 Å². The van der Waals surface area contributed by atoms with Crippen LogP contribution < -0.4 is 5.32 Å². The van der Waals surface area contributed by atoms with Crippen LogP contribution in [0.3, 0.4) is 0 Å². The van der Waals surface area contributed by atoms with Crippen LogP contribution in [0.5, 0.6) is 0 Å². The zero-order valence-corrected chi connectivity index (χ0v) is 10.9. The van der Waals surface area contributed by atoms with Gasteiger partial charge in [0.15, 0.2) is 0 Å². The molecule has 0 aliphatic carbocycles. The van der Waals surface area contributed by atoms with Gasteiger partial charge in [-0.05, 0) is 39.3 Å². The minimum atomic E-state index is 0.459. The summed E-state index contributed by atoms with van der Waals surface area (Å²) in [6.45, 7) is 9.80. The van der Waals surface area contributed by atoms with Gasteiger partial charge < -0.3 is 5.32 Å². The molecular formula is C15H23N. The largest absolute Gasteiger partial charge is 0.311 e. The summed E-state index contributed by atoms with van der Waals surface area (Å²) < 4.78 is 0. The predicted octanol–water partition coefficient (Wildman–Crippen LogP) is 3.79. The Labute approximate surface area is 99.6 Å². The van der Waals surface area contributed by atoms with Crippen LogP contribution in [0.15, 0.2) is 29.8 Å². The SMILES string of the molecule is CCCNC(C)/C(C)=C/c1ccc(C)cc1. The molecule has 1 unspecified atom stereocenters. The fourth-order valence-electron chi connectivity index (χ4n) is 1.57. The third-order valence-corrected chi connectivity index (χ3v) is 2.86. The zero-order valence-electron chi connectivity index (χ0n) is 10.9. The van der Waals surface area contributed by atoms with Crippen molar-refractivity contribution in [3.8, 4) is 0 Å². The van der Waals surface area contributed by atoms with Gasteiger partial charge in [-0.2, -0.15) is 0 Å². The molecule has 0 amide bonds. The number of hydrogen-bond donors (Lipinski definition) is 1. The summed E-state index contributed by atoms with van der Waals surface area (Å²) in [6, 6.07) is 9.12. The van der Waals surface area contributed by atoms with E-state index >= 15 is 0 Å². The fourth-order valence-corrected chi connectivity index (χ4v) is 1.57. The Hall–Kier alpha value is -1.08. The lowest BCUT2D eigenvalue weighted by atomic mass is 10.1. The van der Waals surface area contributed by atoms with Gasteiger partial charge in [0.25, 0.3) is 0 Å². The Morgan fingerprint density at radius 1 is 1.31 bits per heavy atom. The molecule has 0 heterocycles. The second-order valence-corrected chi connectivity index (χ2v) is 4.47. The Bertz CT molecular complexity index is 335. The molecule has 1 aromatic carbocycles. The Kier molecular flexibility index (Phi) is 5.27. The van der Waals surface area contributed by atoms with Gasteiger partial charge in [-0.15, -0.1) is 0 Å². The van der Waals surface area contributed by atoms with Crippen LogP contribution in [0.25, 0.3) is 6.08 Å². The van der Waals surface area contributed by atoms with Crippen LogP contribution in [0, 0.1) is 6.92 Å². The molecule has 0 aliphatic heterocycles. The van der Waals surface area contributed by atoms with Gasteiger partial charge in [-0.3, -0.25) is 0 Å². The van der Waals surface area contributed by atoms with Crippen molar-refractivity contribution in [1.29, 1.82) is 0 Å². The van der Waals surface area contributed by atoms with Crippen LogP contribution in [0.1, 0.15) is 38.3 Å². The minimum absolute atomic E-state index is 0.459. The average Bonchev–Trinajstić information content (AvgIpc) is 2.29. The first-order valence-electron chi connectivity index (χ1n) is 6.11. The van der Waals surface area contributed by atoms with Gasteiger partial charge in [0.2, 0.25) is 0 Å². The molecule has 1 aromatic rings. The summed E-state index contributed by atoms with van der Waals surface area (Å²) in [7, 11) is 0. The predicted molar refractivity (Wildman–Crippen MR) is 72.6 cm³/mol. The van der Waals surface area contributed by atoms with Crippen LogP contribution >= 0.6 is 0 Å². The fraction of sp³-hybridized carbons (Fsp3) is 0.467. The molecule has 0 saturated heterocycles. The van der Waals surface area contributed by atoms with E-state index in [9.17, 15) is 0 Å². The molecule has 0 fully saturated rings. The molecule has 1 nitrogen and oxygen atoms in total. The van der Waals surface area contributed by atoms with E-state index in [1.54, 1.807) is 0 Å². The van der Waals surface area contributed by atoms with E-state index < -0.39 is 0 Å². The molecule has 0 spiro atoms. The maximum atomic E-state index is 3.50. The molecule has 0 aliphatic rings. The quantitative estimate of drug-likeness (QED) is 0.791. The monoisotopic (exact) mass is 217 g/mol. The minimum Gasteiger partial charge on any atom is -0.311 e. The van der Waals surface area contributed by atoms with Crippen LogP contribution in [-0.2, 0) is 0 Å². The molecule has 1 atom stereocenters. The second kappa shape index (κ2) is 6.49. The molecule has 0 aromatic heterocycles. The summed E-state index contributed by atoms with van der Waals surface area (Å²) in [5, 5.41) is 3.50. The third kappa shape index (κ3) is 4.19. The maximum absolute atomic E-state index is 3.50. The highest BCUT2D eigenvalue weighted by atomic mass is 14.9. The standard InChI is InChI=1S/C15H23N/c1-5-10-16-14(4)13(3)11-15-8-6-12(2)7-9-15/h6-9,11,14,16H,5,10H2,1-4H3/b13-11+. The maximum Gasteiger partial charge on any atom is 0.0251 e. The van der Waals surface area contributed by atoms with Crippen LogP contribution in [-0.4, -0.2) is 12.6 Å². The average molecular weight is 217 g/mol. The van der Waals surface area contributed by atoms with Crippen molar-refractivity contribution in [3.63, 3.8) is 0 Å². The number of aryl methyl sites for hydroxylation is 1. The van der Waals surface area contributed by atoms with E-state index in [-0.39, 0.29) is 0 Å². The van der Waals surface area contributed by atoms with Crippen molar-refractivity contribution in [3.05, 3.63) is 41.0 Å². The number of rotatable bonds is 5. The van der Waals surface area contributed by atoms with E-state index in [0.717, 1.165) is 6.54 Å². The highest BCUT2D eigenvalue weighted by Crippen LogP contribution is 2.10. The molecule has 88 valence electrons. The molecule has 0 saturated carbocycles. The first kappa shape index (κ1) is 13.0. The molecule has 0 radical (unpaired) electrons. The zero-order chi connectivity index (χ0) is 12.0. The van der Waals surface area contributed by atoms with E-state index in [4.69, 9.17) is 0 Å². The van der Waals surface area contributed by atoms with E-state index in [0.29, 0.717) is 6.04 Å². The van der Waals surface area contributed by atoms with Crippen molar-refractivity contribution in [2.45, 2.75) is 40.2 Å². The summed E-state index contributed by atoms with van der Waals surface area (Å²) in [5.74, 6) is 0. The van der Waals surface area contributed by atoms with Gasteiger partial charge in [0.05, 0.1) is 0 Å². The lowest BCUT2D eigenvalue weighted by molar-refractivity contribution is 0.604. The molecular weight excluding hydrogens is 194 g/mol. The lowest BCUT2D eigenvalue weighted by Crippen LogP contribution is -2.27. The van der Waals surface area contributed by atoms with Crippen molar-refractivity contribution in [1.82, 2.24) is 5.32 Å². The molecule has 1 N–H and O–H groups in total. The summed E-state index contributed by atoms with van der Waals surface area (Å²) in [5.41, 5.74) is 3.98. The van der Waals surface area contributed by atoms with Gasteiger partial charge in [0, 0.05) is 6.04 Å². The summed E-state index contributed by atoms with van der Waals surface area (Å²) >= 11 is 0. The van der Waals surface area contributed by atoms with Crippen molar-refractivity contribution in [2.75, 3.05) is 6.54 Å². The highest BCUT2D eigenvalue weighted by Gasteiger charge is 2.02. The third-order valence-electron chi connectivity index (χ3n) is 2.86. The number of nitrogens with one attached hydrogen (secondary N) is 1. The van der Waals surface area contributed by atoms with Gasteiger partial charge >= 0.3 is 0 Å². The van der Waals surface area contributed by atoms with Crippen molar-refractivity contribution in [2.24, 2.45) is 0 Å². The van der Waals surface area contributed by atoms with E-state index in [1.165, 1.54) is 23.1 Å². The lowest BCUT2D eigenvalue weighted by Gasteiger charge is -2.14. The Balaban J connectivity index is 2.64. The van der Waals surface area contributed by atoms with Gasteiger partial charge in [0.1, 0.15) is 0 Å². The Morgan fingerprint density at radius 2 is 1.94 bits per heavy atom. The normalized spacial score (nSPS) is 13.9. The van der Waals surface area contributed by atoms with Crippen LogP contribution in [0.4, 0.5) is 0 Å². The summed E-state index contributed by atoms with van der Waals surface area (Å²) in [6.07, 6.45) is 3.44. The summed E-state index contributed by atoms with van der Waals surface area (Å²) in [4.78, 5) is 0. The van der Waals surface area contributed by atoms with E-state index in [2.05, 4.69) is 63.4 Å². The molecule has 0 bridgehead atoms. The first-order chi connectivity index (χ1) is 7.63. The number of benzene rings is 1. The second-order valence-electron chi connectivity index (χ2n) is 4.47. The molecule has 1 rings (SSSR count). The first-order valence-corrected chi connectivity index (χ1v) is 6.11. The topological polar surface area (TPSA) is 12.0 Å².